The van der Waals surface area contributed by atoms with Crippen molar-refractivity contribution in [2.24, 2.45) is 7.05 Å². The lowest BCUT2D eigenvalue weighted by Crippen LogP contribution is -2.31. The molecule has 114 valence electrons. The summed E-state index contributed by atoms with van der Waals surface area (Å²) in [5.74, 6) is 2.47. The van der Waals surface area contributed by atoms with Crippen LogP contribution in [0.3, 0.4) is 0 Å². The van der Waals surface area contributed by atoms with Gasteiger partial charge in [-0.05, 0) is 31.2 Å². The standard InChI is InChI=1S/C15H22N4O2/c1-16-12(9-15-17-10-18-19(15)2)7-11-5-6-13(20-3)14(8-11)21-4/h5-6,8,10,12,16H,7,9H2,1-4H3. The fourth-order valence-corrected chi connectivity index (χ4v) is 2.29. The molecular weight excluding hydrogens is 268 g/mol. The third-order valence-electron chi connectivity index (χ3n) is 3.57. The van der Waals surface area contributed by atoms with Crippen molar-refractivity contribution in [3.8, 4) is 11.5 Å². The Morgan fingerprint density at radius 3 is 2.52 bits per heavy atom. The molecule has 2 rings (SSSR count). The summed E-state index contributed by atoms with van der Waals surface area (Å²) in [5.41, 5.74) is 1.19. The summed E-state index contributed by atoms with van der Waals surface area (Å²) in [7, 11) is 7.16. The van der Waals surface area contributed by atoms with Crippen LogP contribution < -0.4 is 14.8 Å². The van der Waals surface area contributed by atoms with E-state index in [0.717, 1.165) is 30.2 Å². The Kier molecular flexibility index (Phi) is 5.16. The SMILES string of the molecule is CNC(Cc1ccc(OC)c(OC)c1)Cc1ncnn1C. The van der Waals surface area contributed by atoms with Crippen LogP contribution in [0.5, 0.6) is 11.5 Å². The van der Waals surface area contributed by atoms with Gasteiger partial charge in [-0.15, -0.1) is 0 Å². The van der Waals surface area contributed by atoms with Crippen LogP contribution in [0.15, 0.2) is 24.5 Å². The Labute approximate surface area is 125 Å². The van der Waals surface area contributed by atoms with Crippen molar-refractivity contribution in [3.63, 3.8) is 0 Å². The molecule has 1 aromatic carbocycles. The predicted molar refractivity (Wildman–Crippen MR) is 80.8 cm³/mol. The van der Waals surface area contributed by atoms with Crippen molar-refractivity contribution in [2.75, 3.05) is 21.3 Å². The van der Waals surface area contributed by atoms with Gasteiger partial charge in [-0.1, -0.05) is 6.07 Å². The van der Waals surface area contributed by atoms with Gasteiger partial charge < -0.3 is 14.8 Å². The van der Waals surface area contributed by atoms with Gasteiger partial charge in [-0.2, -0.15) is 5.10 Å². The topological polar surface area (TPSA) is 61.2 Å². The second-order valence-corrected chi connectivity index (χ2v) is 4.88. The van der Waals surface area contributed by atoms with E-state index >= 15 is 0 Å². The summed E-state index contributed by atoms with van der Waals surface area (Å²) < 4.78 is 12.4. The molecule has 0 saturated carbocycles. The number of aryl methyl sites for hydroxylation is 1. The summed E-state index contributed by atoms with van der Waals surface area (Å²) in [4.78, 5) is 4.27. The molecule has 1 atom stereocenters. The minimum atomic E-state index is 0.283. The van der Waals surface area contributed by atoms with Gasteiger partial charge in [0.25, 0.3) is 0 Å². The summed E-state index contributed by atoms with van der Waals surface area (Å²) in [6.45, 7) is 0. The lowest BCUT2D eigenvalue weighted by Gasteiger charge is -2.17. The highest BCUT2D eigenvalue weighted by molar-refractivity contribution is 5.43. The summed E-state index contributed by atoms with van der Waals surface area (Å²) >= 11 is 0. The summed E-state index contributed by atoms with van der Waals surface area (Å²) in [5, 5.41) is 7.43. The normalized spacial score (nSPS) is 12.2. The molecular formula is C15H22N4O2. The maximum absolute atomic E-state index is 5.35. The number of nitrogens with zero attached hydrogens (tertiary/aromatic N) is 3. The molecule has 21 heavy (non-hydrogen) atoms. The number of benzene rings is 1. The Morgan fingerprint density at radius 2 is 1.95 bits per heavy atom. The van der Waals surface area contributed by atoms with E-state index in [0.29, 0.717) is 0 Å². The molecule has 0 fully saturated rings. The Hall–Kier alpha value is -2.08. The van der Waals surface area contributed by atoms with Crippen molar-refractivity contribution >= 4 is 0 Å². The zero-order valence-electron chi connectivity index (χ0n) is 13.0. The van der Waals surface area contributed by atoms with Gasteiger partial charge in [0.1, 0.15) is 12.2 Å². The second kappa shape index (κ2) is 7.08. The lowest BCUT2D eigenvalue weighted by atomic mass is 10.0. The van der Waals surface area contributed by atoms with E-state index in [-0.39, 0.29) is 6.04 Å². The largest absolute Gasteiger partial charge is 0.493 e. The molecule has 1 heterocycles. The maximum Gasteiger partial charge on any atom is 0.160 e. The molecule has 0 bridgehead atoms. The van der Waals surface area contributed by atoms with E-state index in [1.807, 2.05) is 26.2 Å². The molecule has 1 aromatic heterocycles. The number of nitrogens with one attached hydrogen (secondary N) is 1. The summed E-state index contributed by atoms with van der Waals surface area (Å²) in [6, 6.07) is 6.29. The van der Waals surface area contributed by atoms with Crippen LogP contribution in [0.2, 0.25) is 0 Å². The van der Waals surface area contributed by atoms with Crippen LogP contribution in [0.1, 0.15) is 11.4 Å². The third kappa shape index (κ3) is 3.72. The van der Waals surface area contributed by atoms with Crippen molar-refractivity contribution in [1.82, 2.24) is 20.1 Å². The van der Waals surface area contributed by atoms with Gasteiger partial charge in [0.15, 0.2) is 11.5 Å². The molecule has 2 aromatic rings. The monoisotopic (exact) mass is 290 g/mol. The average molecular weight is 290 g/mol. The lowest BCUT2D eigenvalue weighted by molar-refractivity contribution is 0.354. The van der Waals surface area contributed by atoms with E-state index in [1.54, 1.807) is 25.2 Å². The number of aromatic nitrogens is 3. The Morgan fingerprint density at radius 1 is 1.19 bits per heavy atom. The van der Waals surface area contributed by atoms with Crippen molar-refractivity contribution < 1.29 is 9.47 Å². The third-order valence-corrected chi connectivity index (χ3v) is 3.57. The fourth-order valence-electron chi connectivity index (χ4n) is 2.29. The minimum absolute atomic E-state index is 0.283. The molecule has 1 unspecified atom stereocenters. The van der Waals surface area contributed by atoms with Gasteiger partial charge in [-0.3, -0.25) is 4.68 Å². The molecule has 0 spiro atoms. The second-order valence-electron chi connectivity index (χ2n) is 4.88. The molecule has 0 radical (unpaired) electrons. The highest BCUT2D eigenvalue weighted by Crippen LogP contribution is 2.28. The highest BCUT2D eigenvalue weighted by atomic mass is 16.5. The van der Waals surface area contributed by atoms with E-state index in [2.05, 4.69) is 21.5 Å². The molecule has 6 heteroatoms. The van der Waals surface area contributed by atoms with Gasteiger partial charge in [0, 0.05) is 19.5 Å². The molecule has 0 aliphatic carbocycles. The quantitative estimate of drug-likeness (QED) is 0.830. The van der Waals surface area contributed by atoms with Crippen LogP contribution in [0.25, 0.3) is 0 Å². The van der Waals surface area contributed by atoms with Gasteiger partial charge in [-0.25, -0.2) is 4.98 Å². The first-order chi connectivity index (χ1) is 10.2. The first-order valence-corrected chi connectivity index (χ1v) is 6.89. The van der Waals surface area contributed by atoms with Crippen LogP contribution in [0.4, 0.5) is 0 Å². The number of hydrogen-bond acceptors (Lipinski definition) is 5. The van der Waals surface area contributed by atoms with E-state index in [1.165, 1.54) is 5.56 Å². The van der Waals surface area contributed by atoms with Crippen LogP contribution >= 0.6 is 0 Å². The average Bonchev–Trinajstić information content (AvgIpc) is 2.91. The Balaban J connectivity index is 2.09. The molecule has 0 aliphatic heterocycles. The highest BCUT2D eigenvalue weighted by Gasteiger charge is 2.13. The first kappa shape index (κ1) is 15.3. The molecule has 0 amide bonds. The maximum atomic E-state index is 5.35. The number of likely N-dealkylation sites (N-methyl/N-ethyl adjacent to an activating group) is 1. The fraction of sp³-hybridized carbons (Fsp3) is 0.467. The Bertz CT molecular complexity index is 583. The summed E-state index contributed by atoms with van der Waals surface area (Å²) in [6.07, 6.45) is 3.28. The first-order valence-electron chi connectivity index (χ1n) is 6.89. The number of methoxy groups -OCH3 is 2. The van der Waals surface area contributed by atoms with Crippen LogP contribution in [0, 0.1) is 0 Å². The minimum Gasteiger partial charge on any atom is -0.493 e. The van der Waals surface area contributed by atoms with Gasteiger partial charge in [0.2, 0.25) is 0 Å². The van der Waals surface area contributed by atoms with E-state index in [9.17, 15) is 0 Å². The van der Waals surface area contributed by atoms with Crippen molar-refractivity contribution in [1.29, 1.82) is 0 Å². The van der Waals surface area contributed by atoms with Crippen LogP contribution in [-0.2, 0) is 19.9 Å². The predicted octanol–water partition coefficient (Wildman–Crippen LogP) is 1.21. The van der Waals surface area contributed by atoms with Crippen LogP contribution in [-0.4, -0.2) is 42.1 Å². The number of ether oxygens (including phenoxy) is 2. The molecule has 6 nitrogen and oxygen atoms in total. The van der Waals surface area contributed by atoms with E-state index < -0.39 is 0 Å². The zero-order chi connectivity index (χ0) is 15.2. The number of hydrogen-bond donors (Lipinski definition) is 1. The molecule has 0 aliphatic rings. The number of rotatable bonds is 7. The van der Waals surface area contributed by atoms with Crippen molar-refractivity contribution in [3.05, 3.63) is 35.9 Å². The smallest absolute Gasteiger partial charge is 0.160 e. The molecule has 0 saturated heterocycles. The van der Waals surface area contributed by atoms with Gasteiger partial charge in [0.05, 0.1) is 14.2 Å². The molecule has 1 N–H and O–H groups in total. The van der Waals surface area contributed by atoms with E-state index in [4.69, 9.17) is 9.47 Å². The van der Waals surface area contributed by atoms with Gasteiger partial charge >= 0.3 is 0 Å². The zero-order valence-corrected chi connectivity index (χ0v) is 13.0. The van der Waals surface area contributed by atoms with Crippen molar-refractivity contribution in [2.45, 2.75) is 18.9 Å².